The number of aliphatic hydroxyl groups excluding tert-OH is 1. The van der Waals surface area contributed by atoms with Crippen LogP contribution in [0.3, 0.4) is 0 Å². The van der Waals surface area contributed by atoms with E-state index in [1.165, 1.54) is 0 Å². The summed E-state index contributed by atoms with van der Waals surface area (Å²) in [6.45, 7) is 4.34. The first-order valence-corrected chi connectivity index (χ1v) is 5.53. The van der Waals surface area contributed by atoms with Gasteiger partial charge in [0, 0.05) is 20.1 Å². The summed E-state index contributed by atoms with van der Waals surface area (Å²) in [4.78, 5) is 11.3. The lowest BCUT2D eigenvalue weighted by Crippen LogP contribution is -2.25. The molecule has 0 rings (SSSR count). The van der Waals surface area contributed by atoms with Crippen LogP contribution in [-0.4, -0.2) is 36.9 Å². The van der Waals surface area contributed by atoms with E-state index in [4.69, 9.17) is 9.84 Å². The molecule has 0 aromatic heterocycles. The van der Waals surface area contributed by atoms with Gasteiger partial charge < -0.3 is 15.2 Å². The van der Waals surface area contributed by atoms with E-state index in [1.54, 1.807) is 14.0 Å². The van der Waals surface area contributed by atoms with Crippen LogP contribution in [0.15, 0.2) is 0 Å². The molecule has 0 aromatic carbocycles. The summed E-state index contributed by atoms with van der Waals surface area (Å²) in [5, 5.41) is 11.8. The molecule has 2 atom stereocenters. The van der Waals surface area contributed by atoms with E-state index in [-0.39, 0.29) is 18.1 Å². The molecule has 2 N–H and O–H groups in total. The Morgan fingerprint density at radius 2 is 2.07 bits per heavy atom. The zero-order valence-electron chi connectivity index (χ0n) is 9.95. The minimum Gasteiger partial charge on any atom is -0.393 e. The average Bonchev–Trinajstić information content (AvgIpc) is 2.20. The van der Waals surface area contributed by atoms with Gasteiger partial charge in [0.1, 0.15) is 0 Å². The largest absolute Gasteiger partial charge is 0.393 e. The lowest BCUT2D eigenvalue weighted by atomic mass is 10.2. The first-order valence-electron chi connectivity index (χ1n) is 5.53. The van der Waals surface area contributed by atoms with Crippen LogP contribution in [0.4, 0.5) is 0 Å². The van der Waals surface area contributed by atoms with E-state index < -0.39 is 0 Å². The molecule has 0 heterocycles. The third-order valence-electron chi connectivity index (χ3n) is 2.30. The Morgan fingerprint density at radius 1 is 1.40 bits per heavy atom. The van der Waals surface area contributed by atoms with Gasteiger partial charge in [0.15, 0.2) is 0 Å². The molecule has 0 aromatic rings. The molecule has 15 heavy (non-hydrogen) atoms. The van der Waals surface area contributed by atoms with Gasteiger partial charge in [-0.1, -0.05) is 0 Å². The van der Waals surface area contributed by atoms with Crippen molar-refractivity contribution in [1.82, 2.24) is 5.32 Å². The molecule has 2 unspecified atom stereocenters. The smallest absolute Gasteiger partial charge is 0.220 e. The maximum absolute atomic E-state index is 11.3. The van der Waals surface area contributed by atoms with Crippen molar-refractivity contribution in [2.24, 2.45) is 0 Å². The van der Waals surface area contributed by atoms with E-state index in [9.17, 15) is 4.79 Å². The molecule has 0 fully saturated rings. The number of aliphatic hydroxyl groups is 1. The Kier molecular flexibility index (Phi) is 8.33. The van der Waals surface area contributed by atoms with Gasteiger partial charge in [0.05, 0.1) is 12.2 Å². The summed E-state index contributed by atoms with van der Waals surface area (Å²) in [5.41, 5.74) is 0. The Hall–Kier alpha value is -0.610. The number of carbonyl (C=O) groups excluding carboxylic acids is 1. The minimum atomic E-state index is -0.282. The third kappa shape index (κ3) is 9.69. The zero-order chi connectivity index (χ0) is 11.7. The molecule has 4 nitrogen and oxygen atoms in total. The average molecular weight is 217 g/mol. The number of amides is 1. The van der Waals surface area contributed by atoms with E-state index in [1.807, 2.05) is 6.92 Å². The van der Waals surface area contributed by atoms with Gasteiger partial charge in [-0.3, -0.25) is 4.79 Å². The maximum Gasteiger partial charge on any atom is 0.220 e. The predicted molar refractivity (Wildman–Crippen MR) is 59.6 cm³/mol. The quantitative estimate of drug-likeness (QED) is 0.598. The Balaban J connectivity index is 3.34. The Morgan fingerprint density at radius 3 is 2.60 bits per heavy atom. The second-order valence-electron chi connectivity index (χ2n) is 3.93. The molecular formula is C11H23NO3. The highest BCUT2D eigenvalue weighted by molar-refractivity contribution is 5.75. The van der Waals surface area contributed by atoms with Crippen LogP contribution in [0.25, 0.3) is 0 Å². The third-order valence-corrected chi connectivity index (χ3v) is 2.30. The fourth-order valence-corrected chi connectivity index (χ4v) is 1.17. The van der Waals surface area contributed by atoms with Gasteiger partial charge in [-0.05, 0) is 33.1 Å². The summed E-state index contributed by atoms with van der Waals surface area (Å²) in [7, 11) is 1.64. The lowest BCUT2D eigenvalue weighted by Gasteiger charge is -2.09. The number of hydrogen-bond donors (Lipinski definition) is 2. The van der Waals surface area contributed by atoms with Crippen molar-refractivity contribution in [2.75, 3.05) is 13.7 Å². The van der Waals surface area contributed by atoms with E-state index in [0.717, 1.165) is 19.3 Å². The highest BCUT2D eigenvalue weighted by Gasteiger charge is 2.05. The molecule has 0 bridgehead atoms. The second kappa shape index (κ2) is 8.68. The van der Waals surface area contributed by atoms with Crippen LogP contribution in [0, 0.1) is 0 Å². The normalized spacial score (nSPS) is 14.7. The number of ether oxygens (including phenoxy) is 1. The summed E-state index contributed by atoms with van der Waals surface area (Å²) in [6, 6.07) is 0. The van der Waals surface area contributed by atoms with Gasteiger partial charge in [-0.2, -0.15) is 0 Å². The molecular weight excluding hydrogens is 194 g/mol. The molecule has 90 valence electrons. The molecule has 4 heteroatoms. The number of rotatable bonds is 8. The summed E-state index contributed by atoms with van der Waals surface area (Å²) >= 11 is 0. The Bertz CT molecular complexity index is 171. The predicted octanol–water partition coefficient (Wildman–Crippen LogP) is 1.08. The first-order chi connectivity index (χ1) is 7.06. The van der Waals surface area contributed by atoms with Crippen molar-refractivity contribution >= 4 is 5.91 Å². The molecule has 0 spiro atoms. The van der Waals surface area contributed by atoms with Gasteiger partial charge in [-0.15, -0.1) is 0 Å². The van der Waals surface area contributed by atoms with Crippen molar-refractivity contribution in [3.05, 3.63) is 0 Å². The Labute approximate surface area is 92.0 Å². The standard InChI is InChI=1S/C11H23NO3/c1-9(13)5-4-8-12-11(14)7-6-10(2)15-3/h9-10,13H,4-8H2,1-3H3,(H,12,14). The fourth-order valence-electron chi connectivity index (χ4n) is 1.17. The van der Waals surface area contributed by atoms with Crippen LogP contribution < -0.4 is 5.32 Å². The minimum absolute atomic E-state index is 0.0597. The van der Waals surface area contributed by atoms with Crippen LogP contribution in [0.1, 0.15) is 39.5 Å². The number of methoxy groups -OCH3 is 1. The van der Waals surface area contributed by atoms with Crippen molar-refractivity contribution in [2.45, 2.75) is 51.7 Å². The topological polar surface area (TPSA) is 58.6 Å². The van der Waals surface area contributed by atoms with Crippen molar-refractivity contribution in [1.29, 1.82) is 0 Å². The monoisotopic (exact) mass is 217 g/mol. The maximum atomic E-state index is 11.3. The zero-order valence-corrected chi connectivity index (χ0v) is 9.95. The molecule has 0 radical (unpaired) electrons. The molecule has 0 aliphatic rings. The van der Waals surface area contributed by atoms with E-state index in [0.29, 0.717) is 13.0 Å². The summed E-state index contributed by atoms with van der Waals surface area (Å²) in [5.74, 6) is 0.0597. The van der Waals surface area contributed by atoms with Crippen LogP contribution in [0.5, 0.6) is 0 Å². The molecule has 0 saturated heterocycles. The van der Waals surface area contributed by atoms with Crippen molar-refractivity contribution in [3.63, 3.8) is 0 Å². The molecule has 1 amide bonds. The van der Waals surface area contributed by atoms with Crippen LogP contribution in [0.2, 0.25) is 0 Å². The molecule has 0 saturated carbocycles. The second-order valence-corrected chi connectivity index (χ2v) is 3.93. The van der Waals surface area contributed by atoms with Gasteiger partial charge >= 0.3 is 0 Å². The highest BCUT2D eigenvalue weighted by Crippen LogP contribution is 2.00. The summed E-state index contributed by atoms with van der Waals surface area (Å²) in [6.07, 6.45) is 2.66. The van der Waals surface area contributed by atoms with E-state index in [2.05, 4.69) is 5.32 Å². The van der Waals surface area contributed by atoms with Crippen molar-refractivity contribution in [3.8, 4) is 0 Å². The van der Waals surface area contributed by atoms with Gasteiger partial charge in [0.25, 0.3) is 0 Å². The highest BCUT2D eigenvalue weighted by atomic mass is 16.5. The van der Waals surface area contributed by atoms with Gasteiger partial charge in [0.2, 0.25) is 5.91 Å². The fraction of sp³-hybridized carbons (Fsp3) is 0.909. The summed E-state index contributed by atoms with van der Waals surface area (Å²) < 4.78 is 5.04. The lowest BCUT2D eigenvalue weighted by molar-refractivity contribution is -0.121. The van der Waals surface area contributed by atoms with E-state index >= 15 is 0 Å². The number of hydrogen-bond acceptors (Lipinski definition) is 3. The molecule has 0 aliphatic heterocycles. The van der Waals surface area contributed by atoms with Crippen LogP contribution in [-0.2, 0) is 9.53 Å². The number of nitrogens with one attached hydrogen (secondary N) is 1. The SMILES string of the molecule is COC(C)CCC(=O)NCCCC(C)O. The number of carbonyl (C=O) groups is 1. The first kappa shape index (κ1) is 14.4. The van der Waals surface area contributed by atoms with Crippen molar-refractivity contribution < 1.29 is 14.6 Å². The van der Waals surface area contributed by atoms with Gasteiger partial charge in [-0.25, -0.2) is 0 Å². The molecule has 0 aliphatic carbocycles. The van der Waals surface area contributed by atoms with Crippen LogP contribution >= 0.6 is 0 Å².